The summed E-state index contributed by atoms with van der Waals surface area (Å²) in [6, 6.07) is 7.41. The summed E-state index contributed by atoms with van der Waals surface area (Å²) in [4.78, 5) is 13.2. The van der Waals surface area contributed by atoms with Gasteiger partial charge in [0.2, 0.25) is 0 Å². The number of anilines is 1. The molecular weight excluding hydrogens is 446 g/mol. The number of allylic oxidation sites excluding steroid dienone is 1. The van der Waals surface area contributed by atoms with Crippen LogP contribution in [0.25, 0.3) is 17.2 Å². The fourth-order valence-electron chi connectivity index (χ4n) is 3.30. The van der Waals surface area contributed by atoms with E-state index in [2.05, 4.69) is 63.0 Å². The van der Waals surface area contributed by atoms with Gasteiger partial charge in [0, 0.05) is 37.8 Å². The van der Waals surface area contributed by atoms with Crippen LogP contribution in [0.1, 0.15) is 37.9 Å². The molecule has 1 unspecified atom stereocenters. The average Bonchev–Trinajstić information content (AvgIpc) is 3.35. The van der Waals surface area contributed by atoms with Crippen LogP contribution in [-0.4, -0.2) is 51.8 Å². The summed E-state index contributed by atoms with van der Waals surface area (Å²) >= 11 is 0. The maximum absolute atomic E-state index is 5.74. The Kier molecular flexibility index (Phi) is 8.26. The molecule has 0 aliphatic heterocycles. The van der Waals surface area contributed by atoms with Crippen LogP contribution < -0.4 is 16.8 Å². The minimum Gasteiger partial charge on any atom is -0.404 e. The quantitative estimate of drug-likeness (QED) is 0.276. The summed E-state index contributed by atoms with van der Waals surface area (Å²) in [5.41, 5.74) is 13.3. The number of pyridine rings is 1. The van der Waals surface area contributed by atoms with Crippen LogP contribution in [0, 0.1) is 5.92 Å². The Morgan fingerprint density at radius 3 is 2.66 bits per heavy atom. The molecule has 3 aromatic heterocycles. The number of nitrogens with one attached hydrogen (secondary N) is 1. The molecule has 0 saturated heterocycles. The highest BCUT2D eigenvalue weighted by Crippen LogP contribution is 2.38. The van der Waals surface area contributed by atoms with Crippen LogP contribution >= 0.6 is 0 Å². The standard InChI is InChI=1S/C24H31N9O2/c1-15(2)24(4,18-6-7-19(29-14-18)17(12-25)13-28-16(3)26)23-30-22(35-33-23)20-8-9-21(32-31-20)27-10-11-34-5/h6-9,12-15H,3,10-11,25-26H2,1-2,4-5H3,(H,27,32)/b17-12+,28-13-. The zero-order valence-electron chi connectivity index (χ0n) is 20.4. The topological polar surface area (TPSA) is 163 Å². The van der Waals surface area contributed by atoms with Gasteiger partial charge in [-0.3, -0.25) is 4.98 Å². The first-order chi connectivity index (χ1) is 16.8. The Morgan fingerprint density at radius 1 is 1.29 bits per heavy atom. The monoisotopic (exact) mass is 477 g/mol. The number of aromatic nitrogens is 5. The van der Waals surface area contributed by atoms with Crippen molar-refractivity contribution < 1.29 is 9.26 Å². The number of hydrogen-bond acceptors (Lipinski definition) is 11. The van der Waals surface area contributed by atoms with Gasteiger partial charge in [-0.05, 0) is 36.6 Å². The second-order valence-corrected chi connectivity index (χ2v) is 8.31. The molecule has 3 rings (SSSR count). The predicted octanol–water partition coefficient (Wildman–Crippen LogP) is 2.74. The number of nitrogens with two attached hydrogens (primary N) is 2. The van der Waals surface area contributed by atoms with Gasteiger partial charge < -0.3 is 26.0 Å². The molecule has 184 valence electrons. The second-order valence-electron chi connectivity index (χ2n) is 8.31. The molecule has 0 aromatic carbocycles. The summed E-state index contributed by atoms with van der Waals surface area (Å²) in [5, 5.41) is 15.8. The van der Waals surface area contributed by atoms with Crippen molar-refractivity contribution in [3.05, 3.63) is 66.1 Å². The second kappa shape index (κ2) is 11.3. The lowest BCUT2D eigenvalue weighted by atomic mass is 9.73. The van der Waals surface area contributed by atoms with Crippen molar-refractivity contribution in [2.45, 2.75) is 26.2 Å². The number of ether oxygens (including phenoxy) is 1. The fourth-order valence-corrected chi connectivity index (χ4v) is 3.30. The van der Waals surface area contributed by atoms with Crippen LogP contribution in [0.4, 0.5) is 5.82 Å². The fraction of sp³-hybridized carbons (Fsp3) is 0.333. The van der Waals surface area contributed by atoms with Gasteiger partial charge in [-0.1, -0.05) is 31.6 Å². The Bertz CT molecular complexity index is 1180. The molecule has 0 radical (unpaired) electrons. The minimum atomic E-state index is -0.575. The number of nitrogens with zero attached hydrogens (tertiary/aromatic N) is 6. The van der Waals surface area contributed by atoms with Crippen molar-refractivity contribution >= 4 is 17.6 Å². The molecule has 0 bridgehead atoms. The van der Waals surface area contributed by atoms with Gasteiger partial charge in [-0.15, -0.1) is 10.2 Å². The lowest BCUT2D eigenvalue weighted by Gasteiger charge is -2.30. The van der Waals surface area contributed by atoms with Crippen LogP contribution in [0.2, 0.25) is 0 Å². The zero-order valence-corrected chi connectivity index (χ0v) is 20.4. The molecule has 0 saturated carbocycles. The summed E-state index contributed by atoms with van der Waals surface area (Å²) in [6.07, 6.45) is 4.72. The Hall–Kier alpha value is -4.12. The minimum absolute atomic E-state index is 0.130. The maximum Gasteiger partial charge on any atom is 0.278 e. The van der Waals surface area contributed by atoms with Crippen molar-refractivity contribution in [1.29, 1.82) is 0 Å². The molecule has 11 nitrogen and oxygen atoms in total. The number of aliphatic imine (C=N–C) groups is 1. The first-order valence-corrected chi connectivity index (χ1v) is 11.1. The van der Waals surface area contributed by atoms with E-state index in [0.29, 0.717) is 47.6 Å². The first kappa shape index (κ1) is 25.5. The van der Waals surface area contributed by atoms with Crippen LogP contribution in [0.15, 0.2) is 58.6 Å². The lowest BCUT2D eigenvalue weighted by Crippen LogP contribution is -2.31. The van der Waals surface area contributed by atoms with E-state index in [9.17, 15) is 0 Å². The summed E-state index contributed by atoms with van der Waals surface area (Å²) in [7, 11) is 1.64. The van der Waals surface area contributed by atoms with Crippen molar-refractivity contribution in [3.63, 3.8) is 0 Å². The highest BCUT2D eigenvalue weighted by atomic mass is 16.5. The molecular formula is C24H31N9O2. The highest BCUT2D eigenvalue weighted by molar-refractivity contribution is 6.09. The van der Waals surface area contributed by atoms with E-state index in [1.165, 1.54) is 12.4 Å². The normalized spacial score (nSPS) is 13.8. The van der Waals surface area contributed by atoms with Gasteiger partial charge in [0.15, 0.2) is 11.5 Å². The maximum atomic E-state index is 5.74. The van der Waals surface area contributed by atoms with E-state index in [4.69, 9.17) is 20.7 Å². The summed E-state index contributed by atoms with van der Waals surface area (Å²) in [6.45, 7) is 11.0. The smallest absolute Gasteiger partial charge is 0.278 e. The van der Waals surface area contributed by atoms with Gasteiger partial charge in [0.1, 0.15) is 11.6 Å². The third-order valence-electron chi connectivity index (χ3n) is 5.75. The van der Waals surface area contributed by atoms with E-state index in [1.807, 2.05) is 12.1 Å². The van der Waals surface area contributed by atoms with Crippen LogP contribution in [-0.2, 0) is 10.2 Å². The molecule has 35 heavy (non-hydrogen) atoms. The average molecular weight is 478 g/mol. The summed E-state index contributed by atoms with van der Waals surface area (Å²) in [5.74, 6) is 1.76. The molecule has 0 spiro atoms. The van der Waals surface area contributed by atoms with Gasteiger partial charge in [0.25, 0.3) is 5.89 Å². The van der Waals surface area contributed by atoms with E-state index < -0.39 is 5.41 Å². The van der Waals surface area contributed by atoms with Gasteiger partial charge in [-0.2, -0.15) is 4.98 Å². The SMILES string of the molecule is C=C(N)/N=C\C(=C/N)c1ccc(C(C)(c2noc(-c3ccc(NCCOC)nn3)n2)C(C)C)cn1. The Balaban J connectivity index is 1.86. The number of hydrogen-bond donors (Lipinski definition) is 3. The van der Waals surface area contributed by atoms with Crippen molar-refractivity contribution in [2.75, 3.05) is 25.6 Å². The number of methoxy groups -OCH3 is 1. The molecule has 5 N–H and O–H groups in total. The molecule has 0 amide bonds. The molecule has 0 aliphatic carbocycles. The molecule has 11 heteroatoms. The molecule has 1 atom stereocenters. The van der Waals surface area contributed by atoms with Gasteiger partial charge >= 0.3 is 0 Å². The summed E-state index contributed by atoms with van der Waals surface area (Å²) < 4.78 is 10.6. The lowest BCUT2D eigenvalue weighted by molar-refractivity contribution is 0.210. The first-order valence-electron chi connectivity index (χ1n) is 11.1. The van der Waals surface area contributed by atoms with Crippen molar-refractivity contribution in [2.24, 2.45) is 22.4 Å². The van der Waals surface area contributed by atoms with Crippen LogP contribution in [0.3, 0.4) is 0 Å². The third kappa shape index (κ3) is 5.87. The van der Waals surface area contributed by atoms with E-state index in [0.717, 1.165) is 5.56 Å². The van der Waals surface area contributed by atoms with Crippen LogP contribution in [0.5, 0.6) is 0 Å². The Morgan fingerprint density at radius 2 is 2.09 bits per heavy atom. The number of rotatable bonds is 11. The van der Waals surface area contributed by atoms with E-state index in [-0.39, 0.29) is 11.7 Å². The third-order valence-corrected chi connectivity index (χ3v) is 5.75. The highest BCUT2D eigenvalue weighted by Gasteiger charge is 2.38. The van der Waals surface area contributed by atoms with Gasteiger partial charge in [-0.25, -0.2) is 4.99 Å². The predicted molar refractivity (Wildman–Crippen MR) is 135 cm³/mol. The van der Waals surface area contributed by atoms with Gasteiger partial charge in [0.05, 0.1) is 17.7 Å². The molecule has 3 aromatic rings. The largest absolute Gasteiger partial charge is 0.404 e. The Labute approximate surface area is 204 Å². The molecule has 0 fully saturated rings. The van der Waals surface area contributed by atoms with E-state index >= 15 is 0 Å². The van der Waals surface area contributed by atoms with E-state index in [1.54, 1.807) is 25.4 Å². The zero-order chi connectivity index (χ0) is 25.4. The molecule has 3 heterocycles. The van der Waals surface area contributed by atoms with Crippen molar-refractivity contribution in [3.8, 4) is 11.6 Å². The molecule has 0 aliphatic rings. The van der Waals surface area contributed by atoms with Crippen molar-refractivity contribution in [1.82, 2.24) is 25.3 Å².